The molecule has 2 amide bonds. The third kappa shape index (κ3) is 1.04. The predicted octanol–water partition coefficient (Wildman–Crippen LogP) is -1.15. The fourth-order valence-corrected chi connectivity index (χ4v) is 0.476. The standard InChI is InChI=1S/C4H5N3O2/c5-3-2(8)1-6-4(9)7-3/h1H2,(H3,5,6,7,9). The minimum absolute atomic E-state index is 0.0648. The van der Waals surface area contributed by atoms with Gasteiger partial charge in [0.15, 0.2) is 5.84 Å². The van der Waals surface area contributed by atoms with Gasteiger partial charge < -0.3 is 5.32 Å². The molecule has 0 saturated carbocycles. The molecule has 1 rings (SSSR count). The van der Waals surface area contributed by atoms with Crippen molar-refractivity contribution in [2.45, 2.75) is 0 Å². The summed E-state index contributed by atoms with van der Waals surface area (Å²) in [6.45, 7) is -0.0648. The smallest absolute Gasteiger partial charge is 0.320 e. The Labute approximate surface area is 50.9 Å². The monoisotopic (exact) mass is 127 g/mol. The van der Waals surface area contributed by atoms with Crippen molar-refractivity contribution in [2.24, 2.45) is 0 Å². The van der Waals surface area contributed by atoms with Gasteiger partial charge in [0.05, 0.1) is 6.54 Å². The van der Waals surface area contributed by atoms with E-state index in [4.69, 9.17) is 5.41 Å². The number of amidine groups is 1. The van der Waals surface area contributed by atoms with E-state index in [9.17, 15) is 9.59 Å². The summed E-state index contributed by atoms with van der Waals surface area (Å²) < 4.78 is 0. The molecule has 48 valence electrons. The molecule has 0 unspecified atom stereocenters. The first kappa shape index (κ1) is 5.74. The van der Waals surface area contributed by atoms with Crippen LogP contribution in [0.1, 0.15) is 0 Å². The highest BCUT2D eigenvalue weighted by atomic mass is 16.2. The lowest BCUT2D eigenvalue weighted by molar-refractivity contribution is -0.112. The van der Waals surface area contributed by atoms with E-state index in [-0.39, 0.29) is 12.4 Å². The second-order valence-corrected chi connectivity index (χ2v) is 1.61. The van der Waals surface area contributed by atoms with Gasteiger partial charge in [0.25, 0.3) is 0 Å². The van der Waals surface area contributed by atoms with E-state index in [1.807, 2.05) is 5.32 Å². The topological polar surface area (TPSA) is 82.1 Å². The van der Waals surface area contributed by atoms with E-state index in [0.29, 0.717) is 0 Å². The number of ketones is 1. The van der Waals surface area contributed by atoms with Crippen LogP contribution in [0.3, 0.4) is 0 Å². The zero-order valence-electron chi connectivity index (χ0n) is 4.52. The third-order valence-corrected chi connectivity index (χ3v) is 0.927. The molecule has 9 heavy (non-hydrogen) atoms. The van der Waals surface area contributed by atoms with Crippen LogP contribution < -0.4 is 10.6 Å². The Balaban J connectivity index is 2.64. The first-order valence-corrected chi connectivity index (χ1v) is 2.37. The number of amides is 2. The lowest BCUT2D eigenvalue weighted by Crippen LogP contribution is -2.52. The molecule has 0 atom stereocenters. The van der Waals surface area contributed by atoms with Gasteiger partial charge in [-0.3, -0.25) is 15.5 Å². The van der Waals surface area contributed by atoms with Crippen molar-refractivity contribution in [3.05, 3.63) is 0 Å². The molecule has 5 nitrogen and oxygen atoms in total. The summed E-state index contributed by atoms with van der Waals surface area (Å²) in [4.78, 5) is 20.7. The van der Waals surface area contributed by atoms with Crippen LogP contribution in [-0.2, 0) is 4.79 Å². The minimum atomic E-state index is -0.486. The average Bonchev–Trinajstić information content (AvgIpc) is 1.80. The van der Waals surface area contributed by atoms with E-state index >= 15 is 0 Å². The SMILES string of the molecule is N=C1NC(=O)NCC1=O. The van der Waals surface area contributed by atoms with Crippen molar-refractivity contribution in [3.8, 4) is 0 Å². The van der Waals surface area contributed by atoms with E-state index < -0.39 is 11.8 Å². The van der Waals surface area contributed by atoms with Crippen LogP contribution in [0.5, 0.6) is 0 Å². The number of hydrogen-bond donors (Lipinski definition) is 3. The lowest BCUT2D eigenvalue weighted by Gasteiger charge is -2.11. The first-order valence-electron chi connectivity index (χ1n) is 2.37. The highest BCUT2D eigenvalue weighted by Crippen LogP contribution is 1.79. The maximum absolute atomic E-state index is 10.4. The van der Waals surface area contributed by atoms with Crippen molar-refractivity contribution in [3.63, 3.8) is 0 Å². The summed E-state index contributed by atoms with van der Waals surface area (Å²) in [5.41, 5.74) is 0. The van der Waals surface area contributed by atoms with Crippen molar-refractivity contribution in [2.75, 3.05) is 6.54 Å². The molecule has 1 heterocycles. The average molecular weight is 127 g/mol. The van der Waals surface area contributed by atoms with Crippen LogP contribution in [0, 0.1) is 5.41 Å². The highest BCUT2D eigenvalue weighted by Gasteiger charge is 2.18. The summed E-state index contributed by atoms with van der Waals surface area (Å²) in [5, 5.41) is 11.0. The van der Waals surface area contributed by atoms with Crippen molar-refractivity contribution < 1.29 is 9.59 Å². The summed E-state index contributed by atoms with van der Waals surface area (Å²) in [6.07, 6.45) is 0. The van der Waals surface area contributed by atoms with E-state index in [1.165, 1.54) is 0 Å². The molecule has 1 aliphatic rings. The molecule has 1 fully saturated rings. The number of hydrogen-bond acceptors (Lipinski definition) is 3. The van der Waals surface area contributed by atoms with E-state index in [1.54, 1.807) is 0 Å². The maximum Gasteiger partial charge on any atom is 0.320 e. The number of urea groups is 1. The Morgan fingerprint density at radius 3 is 2.56 bits per heavy atom. The molecule has 5 heteroatoms. The van der Waals surface area contributed by atoms with Gasteiger partial charge in [-0.25, -0.2) is 4.79 Å². The largest absolute Gasteiger partial charge is 0.330 e. The molecule has 0 aliphatic carbocycles. The summed E-state index contributed by atoms with van der Waals surface area (Å²) in [5.74, 6) is -0.728. The predicted molar refractivity (Wildman–Crippen MR) is 29.3 cm³/mol. The van der Waals surface area contributed by atoms with Crippen molar-refractivity contribution in [1.82, 2.24) is 10.6 Å². The second kappa shape index (κ2) is 1.85. The van der Waals surface area contributed by atoms with Crippen molar-refractivity contribution in [1.29, 1.82) is 5.41 Å². The van der Waals surface area contributed by atoms with Crippen LogP contribution in [0.2, 0.25) is 0 Å². The molecule has 1 saturated heterocycles. The Kier molecular flexibility index (Phi) is 1.18. The van der Waals surface area contributed by atoms with Crippen molar-refractivity contribution >= 4 is 17.6 Å². The van der Waals surface area contributed by atoms with Gasteiger partial charge in [-0.2, -0.15) is 0 Å². The first-order chi connectivity index (χ1) is 4.20. The quantitative estimate of drug-likeness (QED) is 0.384. The Morgan fingerprint density at radius 1 is 1.44 bits per heavy atom. The normalized spacial score (nSPS) is 18.9. The molecular formula is C4H5N3O2. The van der Waals surface area contributed by atoms with Crippen LogP contribution in [0.25, 0.3) is 0 Å². The third-order valence-electron chi connectivity index (χ3n) is 0.927. The van der Waals surface area contributed by atoms with E-state index in [0.717, 1.165) is 0 Å². The number of Topliss-reactive ketones (excluding diaryl/α,β-unsaturated/α-hetero) is 1. The highest BCUT2D eigenvalue weighted by molar-refractivity contribution is 6.42. The molecule has 0 spiro atoms. The molecule has 1 aliphatic heterocycles. The van der Waals surface area contributed by atoms with Gasteiger partial charge >= 0.3 is 6.03 Å². The molecule has 0 radical (unpaired) electrons. The fraction of sp³-hybridized carbons (Fsp3) is 0.250. The Hall–Kier alpha value is -1.39. The van der Waals surface area contributed by atoms with Gasteiger partial charge in [0.1, 0.15) is 0 Å². The summed E-state index contributed by atoms with van der Waals surface area (Å²) in [7, 11) is 0. The minimum Gasteiger partial charge on any atom is -0.330 e. The molecule has 0 aromatic heterocycles. The zero-order chi connectivity index (χ0) is 6.85. The molecule has 3 N–H and O–H groups in total. The maximum atomic E-state index is 10.4. The molecule has 0 aromatic carbocycles. The van der Waals surface area contributed by atoms with Gasteiger partial charge in [-0.05, 0) is 0 Å². The fourth-order valence-electron chi connectivity index (χ4n) is 0.476. The number of carbonyl (C=O) groups excluding carboxylic acids is 2. The van der Waals surface area contributed by atoms with Crippen LogP contribution >= 0.6 is 0 Å². The van der Waals surface area contributed by atoms with Crippen LogP contribution in [0.4, 0.5) is 4.79 Å². The zero-order valence-corrected chi connectivity index (χ0v) is 4.52. The van der Waals surface area contributed by atoms with Crippen LogP contribution in [-0.4, -0.2) is 24.2 Å². The van der Waals surface area contributed by atoms with Crippen LogP contribution in [0.15, 0.2) is 0 Å². The lowest BCUT2D eigenvalue weighted by atomic mass is 10.3. The number of nitrogens with one attached hydrogen (secondary N) is 3. The summed E-state index contributed by atoms with van der Waals surface area (Å²) >= 11 is 0. The van der Waals surface area contributed by atoms with Gasteiger partial charge in [-0.1, -0.05) is 0 Å². The van der Waals surface area contributed by atoms with E-state index in [2.05, 4.69) is 5.32 Å². The number of carbonyl (C=O) groups is 2. The summed E-state index contributed by atoms with van der Waals surface area (Å²) in [6, 6.07) is -0.486. The molecule has 0 aromatic rings. The van der Waals surface area contributed by atoms with Gasteiger partial charge in [0, 0.05) is 0 Å². The molecular weight excluding hydrogens is 122 g/mol. The Bertz CT molecular complexity index is 186. The number of rotatable bonds is 0. The van der Waals surface area contributed by atoms with Gasteiger partial charge in [-0.15, -0.1) is 0 Å². The van der Waals surface area contributed by atoms with Gasteiger partial charge in [0.2, 0.25) is 5.78 Å². The Morgan fingerprint density at radius 2 is 2.11 bits per heavy atom. The second-order valence-electron chi connectivity index (χ2n) is 1.61. The molecule has 0 bridgehead atoms.